The van der Waals surface area contributed by atoms with Gasteiger partial charge in [0, 0.05) is 11.9 Å². The fourth-order valence-electron chi connectivity index (χ4n) is 2.93. The molecule has 0 spiro atoms. The Balaban J connectivity index is 2.29. The molecule has 0 saturated carbocycles. The summed E-state index contributed by atoms with van der Waals surface area (Å²) in [4.78, 5) is 0. The summed E-state index contributed by atoms with van der Waals surface area (Å²) < 4.78 is 7.38. The maximum absolute atomic E-state index is 6.46. The van der Waals surface area contributed by atoms with E-state index in [4.69, 9.17) is 16.3 Å². The molecule has 6 heteroatoms. The summed E-state index contributed by atoms with van der Waals surface area (Å²) in [5, 5.41) is 8.90. The highest BCUT2D eigenvalue weighted by Gasteiger charge is 2.41. The van der Waals surface area contributed by atoms with Crippen LogP contribution >= 0.6 is 23.4 Å². The van der Waals surface area contributed by atoms with Crippen molar-refractivity contribution < 1.29 is 4.74 Å². The van der Waals surface area contributed by atoms with Gasteiger partial charge in [-0.2, -0.15) is 16.9 Å². The van der Waals surface area contributed by atoms with Gasteiger partial charge in [0.1, 0.15) is 0 Å². The number of halogens is 1. The van der Waals surface area contributed by atoms with E-state index >= 15 is 0 Å². The third-order valence-corrected chi connectivity index (χ3v) is 5.96. The second kappa shape index (κ2) is 7.86. The number of aromatic nitrogens is 2. The SMILES string of the molecule is CCCNC(c1c(Cl)cnn1CCOC)C1(C)CCCS1. The van der Waals surface area contributed by atoms with Crippen molar-refractivity contribution in [3.05, 3.63) is 16.9 Å². The van der Waals surface area contributed by atoms with E-state index in [9.17, 15) is 0 Å². The smallest absolute Gasteiger partial charge is 0.0834 e. The minimum absolute atomic E-state index is 0.184. The molecule has 2 atom stereocenters. The molecule has 1 aliphatic rings. The predicted molar refractivity (Wildman–Crippen MR) is 90.2 cm³/mol. The second-order valence-electron chi connectivity index (χ2n) is 5.75. The highest BCUT2D eigenvalue weighted by Crippen LogP contribution is 2.47. The number of thioether (sulfide) groups is 1. The van der Waals surface area contributed by atoms with E-state index in [1.807, 2.05) is 16.4 Å². The topological polar surface area (TPSA) is 39.1 Å². The van der Waals surface area contributed by atoms with Gasteiger partial charge in [0.2, 0.25) is 0 Å². The van der Waals surface area contributed by atoms with Crippen molar-refractivity contribution in [1.29, 1.82) is 0 Å². The number of rotatable bonds is 8. The third kappa shape index (κ3) is 3.95. The van der Waals surface area contributed by atoms with E-state index in [2.05, 4.69) is 24.3 Å². The highest BCUT2D eigenvalue weighted by atomic mass is 35.5. The van der Waals surface area contributed by atoms with Crippen molar-refractivity contribution in [2.75, 3.05) is 26.0 Å². The molecule has 21 heavy (non-hydrogen) atoms. The van der Waals surface area contributed by atoms with E-state index in [1.54, 1.807) is 13.3 Å². The van der Waals surface area contributed by atoms with Gasteiger partial charge in [-0.25, -0.2) is 0 Å². The molecule has 1 saturated heterocycles. The number of hydrogen-bond acceptors (Lipinski definition) is 4. The van der Waals surface area contributed by atoms with Crippen LogP contribution in [0.5, 0.6) is 0 Å². The van der Waals surface area contributed by atoms with Gasteiger partial charge in [0.25, 0.3) is 0 Å². The zero-order valence-electron chi connectivity index (χ0n) is 13.2. The Morgan fingerprint density at radius 1 is 1.62 bits per heavy atom. The first-order valence-electron chi connectivity index (χ1n) is 7.70. The van der Waals surface area contributed by atoms with Crippen molar-refractivity contribution in [3.8, 4) is 0 Å². The molecule has 0 radical (unpaired) electrons. The molecule has 1 aliphatic heterocycles. The van der Waals surface area contributed by atoms with Gasteiger partial charge in [0.15, 0.2) is 0 Å². The Kier molecular flexibility index (Phi) is 6.41. The van der Waals surface area contributed by atoms with E-state index in [0.29, 0.717) is 6.61 Å². The summed E-state index contributed by atoms with van der Waals surface area (Å²) in [6.45, 7) is 6.92. The number of hydrogen-bond donors (Lipinski definition) is 1. The number of methoxy groups -OCH3 is 1. The van der Waals surface area contributed by atoms with Gasteiger partial charge in [-0.3, -0.25) is 4.68 Å². The van der Waals surface area contributed by atoms with Gasteiger partial charge in [-0.05, 0) is 38.5 Å². The van der Waals surface area contributed by atoms with Crippen LogP contribution in [0, 0.1) is 0 Å². The monoisotopic (exact) mass is 331 g/mol. The molecule has 2 unspecified atom stereocenters. The number of nitrogens with one attached hydrogen (secondary N) is 1. The molecule has 2 heterocycles. The van der Waals surface area contributed by atoms with Crippen molar-refractivity contribution in [2.45, 2.75) is 50.4 Å². The largest absolute Gasteiger partial charge is 0.383 e. The standard InChI is InChI=1S/C15H26ClN3OS/c1-4-7-17-14(15(2)6-5-10-21-15)13-12(16)11-18-19(13)8-9-20-3/h11,14,17H,4-10H2,1-3H3. The van der Waals surface area contributed by atoms with Crippen LogP contribution in [0.4, 0.5) is 0 Å². The van der Waals surface area contributed by atoms with Crippen LogP contribution < -0.4 is 5.32 Å². The Morgan fingerprint density at radius 3 is 3.05 bits per heavy atom. The second-order valence-corrected chi connectivity index (χ2v) is 7.78. The lowest BCUT2D eigenvalue weighted by molar-refractivity contribution is 0.181. The molecule has 0 amide bonds. The lowest BCUT2D eigenvalue weighted by Crippen LogP contribution is -2.39. The Hall–Kier alpha value is -0.230. The van der Waals surface area contributed by atoms with Crippen LogP contribution in [0.15, 0.2) is 6.20 Å². The van der Waals surface area contributed by atoms with Gasteiger partial charge in [0.05, 0.1) is 36.1 Å². The minimum atomic E-state index is 0.184. The Morgan fingerprint density at radius 2 is 2.43 bits per heavy atom. The van der Waals surface area contributed by atoms with Crippen molar-refractivity contribution >= 4 is 23.4 Å². The molecular formula is C15H26ClN3OS. The van der Waals surface area contributed by atoms with E-state index in [0.717, 1.165) is 30.2 Å². The molecule has 0 aromatic carbocycles. The highest BCUT2D eigenvalue weighted by molar-refractivity contribution is 8.00. The maximum atomic E-state index is 6.46. The molecule has 1 aromatic heterocycles. The molecule has 1 aromatic rings. The van der Waals surface area contributed by atoms with Crippen LogP contribution in [-0.4, -0.2) is 40.5 Å². The zero-order chi connectivity index (χ0) is 15.3. The van der Waals surface area contributed by atoms with E-state index < -0.39 is 0 Å². The fraction of sp³-hybridized carbons (Fsp3) is 0.800. The molecule has 0 aliphatic carbocycles. The summed E-state index contributed by atoms with van der Waals surface area (Å²) in [5.41, 5.74) is 1.11. The first-order chi connectivity index (χ1) is 10.1. The first kappa shape index (κ1) is 17.1. The van der Waals surface area contributed by atoms with Crippen LogP contribution in [0.2, 0.25) is 5.02 Å². The van der Waals surface area contributed by atoms with Crippen LogP contribution in [0.3, 0.4) is 0 Å². The Labute approximate surface area is 137 Å². The molecular weight excluding hydrogens is 306 g/mol. The van der Waals surface area contributed by atoms with Crippen molar-refractivity contribution in [1.82, 2.24) is 15.1 Å². The van der Waals surface area contributed by atoms with Gasteiger partial charge < -0.3 is 10.1 Å². The lowest BCUT2D eigenvalue weighted by Gasteiger charge is -2.35. The molecule has 1 N–H and O–H groups in total. The Bertz CT molecular complexity index is 446. The summed E-state index contributed by atoms with van der Waals surface area (Å²) in [5.74, 6) is 1.23. The molecule has 0 bridgehead atoms. The minimum Gasteiger partial charge on any atom is -0.383 e. The normalized spacial score (nSPS) is 23.6. The van der Waals surface area contributed by atoms with Gasteiger partial charge in [-0.15, -0.1) is 0 Å². The molecule has 2 rings (SSSR count). The number of nitrogens with zero attached hydrogens (tertiary/aromatic N) is 2. The third-order valence-electron chi connectivity index (χ3n) is 4.07. The maximum Gasteiger partial charge on any atom is 0.0834 e. The number of ether oxygens (including phenoxy) is 1. The summed E-state index contributed by atoms with van der Waals surface area (Å²) in [6, 6.07) is 0.233. The van der Waals surface area contributed by atoms with E-state index in [1.165, 1.54) is 18.6 Å². The van der Waals surface area contributed by atoms with Crippen LogP contribution in [0.1, 0.15) is 44.8 Å². The van der Waals surface area contributed by atoms with Crippen molar-refractivity contribution in [2.24, 2.45) is 0 Å². The molecule has 120 valence electrons. The average Bonchev–Trinajstić information content (AvgIpc) is 3.06. The van der Waals surface area contributed by atoms with Crippen LogP contribution in [-0.2, 0) is 11.3 Å². The quantitative estimate of drug-likeness (QED) is 0.791. The summed E-state index contributed by atoms with van der Waals surface area (Å²) >= 11 is 8.51. The lowest BCUT2D eigenvalue weighted by atomic mass is 9.93. The van der Waals surface area contributed by atoms with Crippen molar-refractivity contribution in [3.63, 3.8) is 0 Å². The summed E-state index contributed by atoms with van der Waals surface area (Å²) in [6.07, 6.45) is 5.36. The molecule has 4 nitrogen and oxygen atoms in total. The van der Waals surface area contributed by atoms with Gasteiger partial charge >= 0.3 is 0 Å². The van der Waals surface area contributed by atoms with E-state index in [-0.39, 0.29) is 10.8 Å². The average molecular weight is 332 g/mol. The first-order valence-corrected chi connectivity index (χ1v) is 9.06. The predicted octanol–water partition coefficient (Wildman–Crippen LogP) is 3.51. The van der Waals surface area contributed by atoms with Gasteiger partial charge in [-0.1, -0.05) is 18.5 Å². The summed E-state index contributed by atoms with van der Waals surface area (Å²) in [7, 11) is 1.71. The van der Waals surface area contributed by atoms with Crippen LogP contribution in [0.25, 0.3) is 0 Å². The zero-order valence-corrected chi connectivity index (χ0v) is 14.8. The molecule has 1 fully saturated rings. The fourth-order valence-corrected chi connectivity index (χ4v) is 4.59.